The van der Waals surface area contributed by atoms with Crippen molar-refractivity contribution in [1.29, 1.82) is 0 Å². The van der Waals surface area contributed by atoms with E-state index >= 15 is 0 Å². The van der Waals surface area contributed by atoms with Crippen molar-refractivity contribution in [3.8, 4) is 27.7 Å². The second-order valence-electron chi connectivity index (χ2n) is 6.61. The average Bonchev–Trinajstić information content (AvgIpc) is 3.27. The lowest BCUT2D eigenvalue weighted by Gasteiger charge is -2.07. The highest BCUT2D eigenvalue weighted by molar-refractivity contribution is 7.17. The van der Waals surface area contributed by atoms with Crippen LogP contribution in [0.5, 0.6) is 5.88 Å². The molecule has 4 rings (SSSR count). The highest BCUT2D eigenvalue weighted by atomic mass is 32.1. The maximum absolute atomic E-state index is 13.1. The normalized spacial score (nSPS) is 10.6. The summed E-state index contributed by atoms with van der Waals surface area (Å²) in [4.78, 5) is 22.7. The standard InChI is InChI=1S/C24H21N3O3S/c1-29-14-15-30-20-13-12-19(16-25-20)26-23(28)22-21(17-8-4-2-5-9-17)27-24(31-22)18-10-6-3-7-11-18/h2-13,16H,14-15H2,1H3,(H,26,28). The topological polar surface area (TPSA) is 73.3 Å². The SMILES string of the molecule is COCCOc1ccc(NC(=O)c2sc(-c3ccccc3)nc2-c2ccccc2)cn1. The number of hydrogen-bond donors (Lipinski definition) is 1. The van der Waals surface area contributed by atoms with Gasteiger partial charge in [-0.25, -0.2) is 9.97 Å². The van der Waals surface area contributed by atoms with Gasteiger partial charge in [0.05, 0.1) is 24.2 Å². The van der Waals surface area contributed by atoms with E-state index in [1.807, 2.05) is 60.7 Å². The van der Waals surface area contributed by atoms with Gasteiger partial charge in [0.2, 0.25) is 5.88 Å². The smallest absolute Gasteiger partial charge is 0.268 e. The number of thiazole rings is 1. The quantitative estimate of drug-likeness (QED) is 0.391. The molecule has 2 aromatic heterocycles. The fourth-order valence-corrected chi connectivity index (χ4v) is 3.92. The zero-order valence-electron chi connectivity index (χ0n) is 16.9. The molecule has 2 heterocycles. The molecule has 0 aliphatic carbocycles. The second-order valence-corrected chi connectivity index (χ2v) is 7.61. The van der Waals surface area contributed by atoms with E-state index in [0.717, 1.165) is 16.1 Å². The molecular weight excluding hydrogens is 410 g/mol. The monoisotopic (exact) mass is 431 g/mol. The summed E-state index contributed by atoms with van der Waals surface area (Å²) in [6, 6.07) is 23.0. The van der Waals surface area contributed by atoms with Crippen LogP contribution >= 0.6 is 11.3 Å². The molecule has 0 atom stereocenters. The van der Waals surface area contributed by atoms with Crippen LogP contribution in [0.3, 0.4) is 0 Å². The van der Waals surface area contributed by atoms with Crippen LogP contribution in [0.2, 0.25) is 0 Å². The van der Waals surface area contributed by atoms with Gasteiger partial charge in [-0.05, 0) is 6.07 Å². The lowest BCUT2D eigenvalue weighted by atomic mass is 10.1. The molecule has 2 aromatic carbocycles. The molecule has 0 aliphatic rings. The number of rotatable bonds is 8. The van der Waals surface area contributed by atoms with Gasteiger partial charge in [0.25, 0.3) is 5.91 Å². The Morgan fingerprint density at radius 2 is 1.65 bits per heavy atom. The molecule has 0 unspecified atom stereocenters. The van der Waals surface area contributed by atoms with Crippen LogP contribution in [-0.4, -0.2) is 36.2 Å². The van der Waals surface area contributed by atoms with Crippen LogP contribution in [0, 0.1) is 0 Å². The number of carbonyl (C=O) groups excluding carboxylic acids is 1. The van der Waals surface area contributed by atoms with Gasteiger partial charge in [-0.15, -0.1) is 11.3 Å². The molecule has 7 heteroatoms. The predicted molar refractivity (Wildman–Crippen MR) is 123 cm³/mol. The maximum Gasteiger partial charge on any atom is 0.268 e. The van der Waals surface area contributed by atoms with E-state index in [1.54, 1.807) is 25.4 Å². The van der Waals surface area contributed by atoms with E-state index in [2.05, 4.69) is 10.3 Å². The molecule has 1 N–H and O–H groups in total. The first-order valence-electron chi connectivity index (χ1n) is 9.75. The number of ether oxygens (including phenoxy) is 2. The fraction of sp³-hybridized carbons (Fsp3) is 0.125. The average molecular weight is 432 g/mol. The zero-order chi connectivity index (χ0) is 21.5. The van der Waals surface area contributed by atoms with Crippen molar-refractivity contribution >= 4 is 22.9 Å². The van der Waals surface area contributed by atoms with Gasteiger partial charge >= 0.3 is 0 Å². The highest BCUT2D eigenvalue weighted by Gasteiger charge is 2.20. The van der Waals surface area contributed by atoms with E-state index in [-0.39, 0.29) is 5.91 Å². The first-order chi connectivity index (χ1) is 15.2. The third-order valence-electron chi connectivity index (χ3n) is 4.43. The highest BCUT2D eigenvalue weighted by Crippen LogP contribution is 2.34. The molecular formula is C24H21N3O3S. The van der Waals surface area contributed by atoms with Crippen LogP contribution < -0.4 is 10.1 Å². The molecule has 0 saturated heterocycles. The first kappa shape index (κ1) is 20.7. The van der Waals surface area contributed by atoms with E-state index in [9.17, 15) is 4.79 Å². The second kappa shape index (κ2) is 9.97. The predicted octanol–water partition coefficient (Wildman–Crippen LogP) is 5.15. The molecule has 0 bridgehead atoms. The molecule has 0 saturated carbocycles. The van der Waals surface area contributed by atoms with Crippen molar-refractivity contribution in [2.75, 3.05) is 25.6 Å². The Morgan fingerprint density at radius 1 is 0.935 bits per heavy atom. The Morgan fingerprint density at radius 3 is 2.29 bits per heavy atom. The molecule has 6 nitrogen and oxygen atoms in total. The van der Waals surface area contributed by atoms with E-state index in [0.29, 0.717) is 35.4 Å². The maximum atomic E-state index is 13.1. The van der Waals surface area contributed by atoms with Crippen molar-refractivity contribution in [3.05, 3.63) is 83.9 Å². The van der Waals surface area contributed by atoms with Gasteiger partial charge in [0, 0.05) is 24.3 Å². The van der Waals surface area contributed by atoms with Gasteiger partial charge in [-0.3, -0.25) is 4.79 Å². The number of nitrogens with one attached hydrogen (secondary N) is 1. The number of carbonyl (C=O) groups is 1. The third-order valence-corrected chi connectivity index (χ3v) is 5.54. The number of nitrogens with zero attached hydrogens (tertiary/aromatic N) is 2. The number of methoxy groups -OCH3 is 1. The number of pyridine rings is 1. The Balaban J connectivity index is 1.59. The minimum Gasteiger partial charge on any atom is -0.475 e. The van der Waals surface area contributed by atoms with Crippen molar-refractivity contribution in [1.82, 2.24) is 9.97 Å². The summed E-state index contributed by atoms with van der Waals surface area (Å²) < 4.78 is 10.4. The largest absolute Gasteiger partial charge is 0.475 e. The summed E-state index contributed by atoms with van der Waals surface area (Å²) in [6.07, 6.45) is 1.57. The molecule has 31 heavy (non-hydrogen) atoms. The van der Waals surface area contributed by atoms with Gasteiger partial charge in [0.15, 0.2) is 0 Å². The zero-order valence-corrected chi connectivity index (χ0v) is 17.8. The van der Waals surface area contributed by atoms with Crippen molar-refractivity contribution in [3.63, 3.8) is 0 Å². The number of amides is 1. The molecule has 156 valence electrons. The summed E-state index contributed by atoms with van der Waals surface area (Å²) in [6.45, 7) is 0.899. The van der Waals surface area contributed by atoms with Crippen LogP contribution in [-0.2, 0) is 4.74 Å². The summed E-state index contributed by atoms with van der Waals surface area (Å²) in [5, 5.41) is 3.71. The summed E-state index contributed by atoms with van der Waals surface area (Å²) >= 11 is 1.37. The number of aromatic nitrogens is 2. The van der Waals surface area contributed by atoms with Crippen molar-refractivity contribution in [2.24, 2.45) is 0 Å². The Labute approximate surface area is 184 Å². The molecule has 1 amide bonds. The van der Waals surface area contributed by atoms with E-state index < -0.39 is 0 Å². The van der Waals surface area contributed by atoms with Crippen molar-refractivity contribution < 1.29 is 14.3 Å². The van der Waals surface area contributed by atoms with Gasteiger partial charge in [-0.2, -0.15) is 0 Å². The van der Waals surface area contributed by atoms with Gasteiger partial charge in [-0.1, -0.05) is 60.7 Å². The number of anilines is 1. The van der Waals surface area contributed by atoms with Gasteiger partial charge < -0.3 is 14.8 Å². The lowest BCUT2D eigenvalue weighted by Crippen LogP contribution is -2.12. The molecule has 0 radical (unpaired) electrons. The summed E-state index contributed by atoms with van der Waals surface area (Å²) in [5.74, 6) is 0.248. The lowest BCUT2D eigenvalue weighted by molar-refractivity contribution is 0.103. The molecule has 4 aromatic rings. The van der Waals surface area contributed by atoms with Crippen molar-refractivity contribution in [2.45, 2.75) is 0 Å². The number of hydrogen-bond acceptors (Lipinski definition) is 6. The Bertz CT molecular complexity index is 1130. The van der Waals surface area contributed by atoms with Crippen LogP contribution in [0.4, 0.5) is 5.69 Å². The fourth-order valence-electron chi connectivity index (χ4n) is 2.93. The molecule has 0 spiro atoms. The Kier molecular flexibility index (Phi) is 6.66. The summed E-state index contributed by atoms with van der Waals surface area (Å²) in [5.41, 5.74) is 3.11. The molecule has 0 aliphatic heterocycles. The summed E-state index contributed by atoms with van der Waals surface area (Å²) in [7, 11) is 1.61. The minimum absolute atomic E-state index is 0.228. The van der Waals surface area contributed by atoms with Crippen LogP contribution in [0.15, 0.2) is 79.0 Å². The van der Waals surface area contributed by atoms with Crippen LogP contribution in [0.25, 0.3) is 21.8 Å². The molecule has 0 fully saturated rings. The first-order valence-corrected chi connectivity index (χ1v) is 10.6. The number of benzene rings is 2. The van der Waals surface area contributed by atoms with Gasteiger partial charge in [0.1, 0.15) is 16.5 Å². The van der Waals surface area contributed by atoms with E-state index in [4.69, 9.17) is 14.5 Å². The third kappa shape index (κ3) is 5.14. The minimum atomic E-state index is -0.228. The Hall–Kier alpha value is -3.55. The van der Waals surface area contributed by atoms with Crippen LogP contribution in [0.1, 0.15) is 9.67 Å². The van der Waals surface area contributed by atoms with E-state index in [1.165, 1.54) is 11.3 Å².